The number of aromatic nitrogens is 1. The van der Waals surface area contributed by atoms with Crippen molar-refractivity contribution in [3.05, 3.63) is 22.9 Å². The van der Waals surface area contributed by atoms with Gasteiger partial charge in [-0.3, -0.25) is 0 Å². The maximum absolute atomic E-state index is 12.9. The summed E-state index contributed by atoms with van der Waals surface area (Å²) in [6.45, 7) is 4.70. The molecule has 1 aliphatic rings. The fourth-order valence-corrected chi connectivity index (χ4v) is 2.41. The Morgan fingerprint density at radius 2 is 1.96 bits per heavy atom. The summed E-state index contributed by atoms with van der Waals surface area (Å²) in [5.41, 5.74) is -0.254. The Balaban J connectivity index is 2.03. The van der Waals surface area contributed by atoms with Crippen molar-refractivity contribution in [2.75, 3.05) is 45.0 Å². The quantitative estimate of drug-likeness (QED) is 0.787. The van der Waals surface area contributed by atoms with Crippen molar-refractivity contribution in [1.82, 2.24) is 9.88 Å². The number of rotatable bonds is 3. The van der Waals surface area contributed by atoms with Crippen LogP contribution in [0.2, 0.25) is 0 Å². The maximum Gasteiger partial charge on any atom is 0.418 e. The number of pyridine rings is 1. The Kier molecular flexibility index (Phi) is 5.53. The average molecular weight is 347 g/mol. The van der Waals surface area contributed by atoms with E-state index in [0.717, 1.165) is 6.20 Å². The van der Waals surface area contributed by atoms with Crippen molar-refractivity contribution in [1.29, 1.82) is 0 Å². The standard InChI is InChI=1S/C15H20F3N3O3/c1-10-11(2)13(19-8-12(10)15(16,17)18)20(3)9-24-14(22)21-4-6-23-7-5-21/h8H,4-7,9H2,1-3H3. The van der Waals surface area contributed by atoms with Gasteiger partial charge in [0.25, 0.3) is 0 Å². The molecule has 0 bridgehead atoms. The first-order chi connectivity index (χ1) is 11.2. The van der Waals surface area contributed by atoms with Crippen LogP contribution in [0.15, 0.2) is 6.20 Å². The van der Waals surface area contributed by atoms with E-state index in [2.05, 4.69) is 4.98 Å². The molecule has 0 saturated carbocycles. The predicted molar refractivity (Wildman–Crippen MR) is 80.9 cm³/mol. The first-order valence-corrected chi connectivity index (χ1v) is 7.45. The molecule has 0 N–H and O–H groups in total. The van der Waals surface area contributed by atoms with Gasteiger partial charge in [0, 0.05) is 26.3 Å². The summed E-state index contributed by atoms with van der Waals surface area (Å²) in [6.07, 6.45) is -4.12. The van der Waals surface area contributed by atoms with Crippen LogP contribution in [0, 0.1) is 13.8 Å². The minimum atomic E-state index is -4.44. The number of ether oxygens (including phenoxy) is 2. The van der Waals surface area contributed by atoms with Gasteiger partial charge in [-0.15, -0.1) is 0 Å². The number of alkyl halides is 3. The zero-order chi connectivity index (χ0) is 17.9. The van der Waals surface area contributed by atoms with E-state index >= 15 is 0 Å². The highest BCUT2D eigenvalue weighted by Crippen LogP contribution is 2.34. The SMILES string of the molecule is Cc1c(C(F)(F)F)cnc(N(C)COC(=O)N2CCOCC2)c1C. The van der Waals surface area contributed by atoms with E-state index in [-0.39, 0.29) is 12.3 Å². The Hall–Kier alpha value is -2.03. The van der Waals surface area contributed by atoms with Crippen LogP contribution in [-0.4, -0.2) is 56.1 Å². The second-order valence-electron chi connectivity index (χ2n) is 5.58. The lowest BCUT2D eigenvalue weighted by molar-refractivity contribution is -0.138. The molecule has 24 heavy (non-hydrogen) atoms. The Bertz CT molecular complexity index is 602. The molecule has 0 aliphatic carbocycles. The number of halogens is 3. The van der Waals surface area contributed by atoms with Gasteiger partial charge in [-0.1, -0.05) is 0 Å². The molecule has 1 aromatic heterocycles. The van der Waals surface area contributed by atoms with Crippen LogP contribution in [0.1, 0.15) is 16.7 Å². The molecular formula is C15H20F3N3O3. The van der Waals surface area contributed by atoms with Gasteiger partial charge in [0.2, 0.25) is 0 Å². The minimum Gasteiger partial charge on any atom is -0.428 e. The highest BCUT2D eigenvalue weighted by atomic mass is 19.4. The summed E-state index contributed by atoms with van der Waals surface area (Å²) in [5, 5.41) is 0. The first-order valence-electron chi connectivity index (χ1n) is 7.45. The van der Waals surface area contributed by atoms with Crippen LogP contribution in [0.3, 0.4) is 0 Å². The number of hydrogen-bond acceptors (Lipinski definition) is 5. The smallest absolute Gasteiger partial charge is 0.418 e. The third-order valence-electron chi connectivity index (χ3n) is 3.94. The fourth-order valence-electron chi connectivity index (χ4n) is 2.41. The second kappa shape index (κ2) is 7.25. The van der Waals surface area contributed by atoms with Gasteiger partial charge in [-0.2, -0.15) is 13.2 Å². The number of nitrogens with zero attached hydrogens (tertiary/aromatic N) is 3. The largest absolute Gasteiger partial charge is 0.428 e. The van der Waals surface area contributed by atoms with Crippen LogP contribution in [0.5, 0.6) is 0 Å². The van der Waals surface area contributed by atoms with Crippen molar-refractivity contribution < 1.29 is 27.4 Å². The van der Waals surface area contributed by atoms with E-state index in [0.29, 0.717) is 37.7 Å². The van der Waals surface area contributed by atoms with E-state index < -0.39 is 17.8 Å². The summed E-state index contributed by atoms with van der Waals surface area (Å²) in [7, 11) is 1.61. The van der Waals surface area contributed by atoms with Crippen LogP contribution >= 0.6 is 0 Å². The van der Waals surface area contributed by atoms with Gasteiger partial charge in [0.15, 0.2) is 6.73 Å². The molecule has 0 aromatic carbocycles. The van der Waals surface area contributed by atoms with Crippen molar-refractivity contribution in [2.45, 2.75) is 20.0 Å². The lowest BCUT2D eigenvalue weighted by atomic mass is 10.1. The predicted octanol–water partition coefficient (Wildman–Crippen LogP) is 2.58. The Morgan fingerprint density at radius 1 is 1.33 bits per heavy atom. The molecule has 0 unspecified atom stereocenters. The van der Waals surface area contributed by atoms with Gasteiger partial charge in [-0.25, -0.2) is 9.78 Å². The van der Waals surface area contributed by atoms with E-state index in [9.17, 15) is 18.0 Å². The topological polar surface area (TPSA) is 54.9 Å². The van der Waals surface area contributed by atoms with Gasteiger partial charge in [0.05, 0.1) is 18.8 Å². The van der Waals surface area contributed by atoms with Gasteiger partial charge >= 0.3 is 12.3 Å². The number of hydrogen-bond donors (Lipinski definition) is 0. The van der Waals surface area contributed by atoms with Crippen LogP contribution in [0.4, 0.5) is 23.8 Å². The van der Waals surface area contributed by atoms with Crippen LogP contribution in [0.25, 0.3) is 0 Å². The molecule has 2 rings (SSSR count). The highest BCUT2D eigenvalue weighted by Gasteiger charge is 2.34. The van der Waals surface area contributed by atoms with Gasteiger partial charge < -0.3 is 19.3 Å². The summed E-state index contributed by atoms with van der Waals surface area (Å²) in [4.78, 5) is 18.8. The van der Waals surface area contributed by atoms with Crippen LogP contribution < -0.4 is 4.90 Å². The second-order valence-corrected chi connectivity index (χ2v) is 5.58. The molecular weight excluding hydrogens is 327 g/mol. The minimum absolute atomic E-state index is 0.102. The summed E-state index contributed by atoms with van der Waals surface area (Å²) < 4.78 is 49.0. The van der Waals surface area contributed by atoms with Crippen molar-refractivity contribution in [3.8, 4) is 0 Å². The van der Waals surface area contributed by atoms with Gasteiger partial charge in [0.1, 0.15) is 5.82 Å². The third-order valence-corrected chi connectivity index (χ3v) is 3.94. The average Bonchev–Trinajstić information content (AvgIpc) is 2.54. The number of carbonyl (C=O) groups is 1. The Morgan fingerprint density at radius 3 is 2.54 bits per heavy atom. The van der Waals surface area contributed by atoms with Crippen molar-refractivity contribution in [3.63, 3.8) is 0 Å². The molecule has 2 heterocycles. The van der Waals surface area contributed by atoms with E-state index in [1.54, 1.807) is 14.0 Å². The molecule has 134 valence electrons. The molecule has 1 amide bonds. The normalized spacial score (nSPS) is 15.3. The number of anilines is 1. The molecule has 1 aliphatic heterocycles. The molecule has 6 nitrogen and oxygen atoms in total. The molecule has 0 spiro atoms. The van der Waals surface area contributed by atoms with Crippen molar-refractivity contribution in [2.24, 2.45) is 0 Å². The summed E-state index contributed by atoms with van der Waals surface area (Å²) >= 11 is 0. The zero-order valence-corrected chi connectivity index (χ0v) is 13.8. The lowest BCUT2D eigenvalue weighted by Gasteiger charge is -2.28. The molecule has 0 atom stereocenters. The summed E-state index contributed by atoms with van der Waals surface area (Å²) in [6, 6.07) is 0. The van der Waals surface area contributed by atoms with E-state index in [1.807, 2.05) is 0 Å². The molecule has 0 radical (unpaired) electrons. The lowest BCUT2D eigenvalue weighted by Crippen LogP contribution is -2.42. The first kappa shape index (κ1) is 18.3. The highest BCUT2D eigenvalue weighted by molar-refractivity contribution is 5.68. The molecule has 1 fully saturated rings. The van der Waals surface area contributed by atoms with E-state index in [4.69, 9.17) is 9.47 Å². The molecule has 1 saturated heterocycles. The van der Waals surface area contributed by atoms with Gasteiger partial charge in [-0.05, 0) is 25.0 Å². The molecule has 9 heteroatoms. The number of amides is 1. The van der Waals surface area contributed by atoms with Crippen LogP contribution in [-0.2, 0) is 15.7 Å². The monoisotopic (exact) mass is 347 g/mol. The van der Waals surface area contributed by atoms with E-state index in [1.165, 1.54) is 16.7 Å². The van der Waals surface area contributed by atoms with Crippen molar-refractivity contribution >= 4 is 11.9 Å². The Labute approximate surface area is 138 Å². The fraction of sp³-hybridized carbons (Fsp3) is 0.600. The summed E-state index contributed by atoms with van der Waals surface area (Å²) in [5.74, 6) is 0.343. The number of morpholine rings is 1. The number of carbonyl (C=O) groups excluding carboxylic acids is 1. The maximum atomic E-state index is 12.9. The molecule has 1 aromatic rings. The zero-order valence-electron chi connectivity index (χ0n) is 13.8. The third kappa shape index (κ3) is 4.08.